The van der Waals surface area contributed by atoms with E-state index >= 15 is 0 Å². The summed E-state index contributed by atoms with van der Waals surface area (Å²) in [4.78, 5) is 26.9. The molecular weight excluding hydrogens is 300 g/mol. The number of benzene rings is 1. The van der Waals surface area contributed by atoms with Gasteiger partial charge < -0.3 is 10.2 Å². The van der Waals surface area contributed by atoms with Gasteiger partial charge in [-0.2, -0.15) is 0 Å². The van der Waals surface area contributed by atoms with Crippen molar-refractivity contribution in [3.05, 3.63) is 29.3 Å². The molecular formula is C20H28N2O2. The second-order valence-corrected chi connectivity index (χ2v) is 7.50. The highest BCUT2D eigenvalue weighted by atomic mass is 16.2. The Balaban J connectivity index is 1.68. The second kappa shape index (κ2) is 6.96. The molecule has 1 aliphatic carbocycles. The second-order valence-electron chi connectivity index (χ2n) is 7.50. The Kier molecular flexibility index (Phi) is 4.93. The maximum absolute atomic E-state index is 12.6. The number of aryl methyl sites for hydroxylation is 1. The standard InChI is InChI=1S/C20H28N2O2/c1-13-8-6-10-18(15(13)3)22-12-16(11-19(22)23)20(24)21-17-9-5-4-7-14(17)2/h6,8,10,14,16-17H,4-5,7,9,11-12H2,1-3H3,(H,21,24)/t14-,16-,17+/m1/s1. The van der Waals surface area contributed by atoms with E-state index < -0.39 is 0 Å². The summed E-state index contributed by atoms with van der Waals surface area (Å²) in [6.45, 7) is 6.80. The zero-order chi connectivity index (χ0) is 17.3. The number of rotatable bonds is 3. The van der Waals surface area contributed by atoms with Gasteiger partial charge in [-0.1, -0.05) is 31.9 Å². The van der Waals surface area contributed by atoms with Crippen LogP contribution >= 0.6 is 0 Å². The van der Waals surface area contributed by atoms with E-state index in [1.165, 1.54) is 24.8 Å². The largest absolute Gasteiger partial charge is 0.353 e. The monoisotopic (exact) mass is 328 g/mol. The Morgan fingerprint density at radius 1 is 1.21 bits per heavy atom. The van der Waals surface area contributed by atoms with Crippen molar-refractivity contribution >= 4 is 17.5 Å². The molecule has 0 bridgehead atoms. The quantitative estimate of drug-likeness (QED) is 0.925. The van der Waals surface area contributed by atoms with E-state index in [9.17, 15) is 9.59 Å². The summed E-state index contributed by atoms with van der Waals surface area (Å²) >= 11 is 0. The van der Waals surface area contributed by atoms with Gasteiger partial charge in [-0.3, -0.25) is 9.59 Å². The first kappa shape index (κ1) is 17.0. The molecule has 1 aliphatic heterocycles. The molecule has 2 aliphatic rings. The molecule has 4 nitrogen and oxygen atoms in total. The SMILES string of the molecule is Cc1cccc(N2C[C@H](C(=O)N[C@H]3CCCC[C@H]3C)CC2=O)c1C. The minimum Gasteiger partial charge on any atom is -0.353 e. The van der Waals surface area contributed by atoms with Crippen LogP contribution in [0.25, 0.3) is 0 Å². The first-order valence-electron chi connectivity index (χ1n) is 9.14. The van der Waals surface area contributed by atoms with Crippen LogP contribution in [0, 0.1) is 25.7 Å². The molecule has 2 amide bonds. The number of nitrogens with zero attached hydrogens (tertiary/aromatic N) is 1. The third-order valence-electron chi connectivity index (χ3n) is 5.80. The van der Waals surface area contributed by atoms with Gasteiger partial charge in [0.05, 0.1) is 5.92 Å². The van der Waals surface area contributed by atoms with Gasteiger partial charge in [-0.15, -0.1) is 0 Å². The van der Waals surface area contributed by atoms with Crippen LogP contribution in [0.2, 0.25) is 0 Å². The molecule has 1 N–H and O–H groups in total. The van der Waals surface area contributed by atoms with E-state index in [4.69, 9.17) is 0 Å². The highest BCUT2D eigenvalue weighted by Gasteiger charge is 2.37. The van der Waals surface area contributed by atoms with Crippen LogP contribution in [0.4, 0.5) is 5.69 Å². The molecule has 3 rings (SSSR count). The van der Waals surface area contributed by atoms with Crippen LogP contribution in [0.1, 0.15) is 50.2 Å². The fraction of sp³-hybridized carbons (Fsp3) is 0.600. The number of hydrogen-bond donors (Lipinski definition) is 1. The Morgan fingerprint density at radius 2 is 1.96 bits per heavy atom. The van der Waals surface area contributed by atoms with Gasteiger partial charge in [-0.05, 0) is 49.8 Å². The molecule has 24 heavy (non-hydrogen) atoms. The van der Waals surface area contributed by atoms with Crippen molar-refractivity contribution in [2.75, 3.05) is 11.4 Å². The zero-order valence-corrected chi connectivity index (χ0v) is 15.0. The van der Waals surface area contributed by atoms with E-state index in [2.05, 4.69) is 12.2 Å². The van der Waals surface area contributed by atoms with Crippen LogP contribution in [-0.4, -0.2) is 24.4 Å². The number of carbonyl (C=O) groups excluding carboxylic acids is 2. The summed E-state index contributed by atoms with van der Waals surface area (Å²) in [5.41, 5.74) is 3.23. The van der Waals surface area contributed by atoms with E-state index in [0.29, 0.717) is 18.9 Å². The number of hydrogen-bond acceptors (Lipinski definition) is 2. The van der Waals surface area contributed by atoms with Gasteiger partial charge in [0.1, 0.15) is 0 Å². The average Bonchev–Trinajstić information content (AvgIpc) is 2.94. The fourth-order valence-electron chi connectivity index (χ4n) is 3.98. The van der Waals surface area contributed by atoms with Gasteiger partial charge in [0.2, 0.25) is 11.8 Å². The van der Waals surface area contributed by atoms with Crippen LogP contribution < -0.4 is 10.2 Å². The van der Waals surface area contributed by atoms with E-state index in [1.54, 1.807) is 4.90 Å². The molecule has 130 valence electrons. The molecule has 0 spiro atoms. The lowest BCUT2D eigenvalue weighted by molar-refractivity contribution is -0.127. The Labute approximate surface area is 144 Å². The highest BCUT2D eigenvalue weighted by molar-refractivity contribution is 6.01. The number of carbonyl (C=O) groups is 2. The third kappa shape index (κ3) is 3.33. The lowest BCUT2D eigenvalue weighted by Crippen LogP contribution is -2.44. The number of amides is 2. The molecule has 2 fully saturated rings. The molecule has 0 unspecified atom stereocenters. The summed E-state index contributed by atoms with van der Waals surface area (Å²) in [7, 11) is 0. The number of anilines is 1. The van der Waals surface area contributed by atoms with Crippen LogP contribution in [0.5, 0.6) is 0 Å². The summed E-state index contributed by atoms with van der Waals surface area (Å²) in [6.07, 6.45) is 5.01. The average molecular weight is 328 g/mol. The van der Waals surface area contributed by atoms with Crippen LogP contribution in [0.3, 0.4) is 0 Å². The molecule has 1 saturated heterocycles. The Morgan fingerprint density at radius 3 is 2.71 bits per heavy atom. The third-order valence-corrected chi connectivity index (χ3v) is 5.80. The van der Waals surface area contributed by atoms with E-state index in [0.717, 1.165) is 17.7 Å². The molecule has 4 heteroatoms. The first-order chi connectivity index (χ1) is 11.5. The van der Waals surface area contributed by atoms with Crippen molar-refractivity contribution in [3.8, 4) is 0 Å². The van der Waals surface area contributed by atoms with Gasteiger partial charge in [0.15, 0.2) is 0 Å². The summed E-state index contributed by atoms with van der Waals surface area (Å²) in [5, 5.41) is 3.21. The van der Waals surface area contributed by atoms with Gasteiger partial charge in [0, 0.05) is 24.7 Å². The smallest absolute Gasteiger partial charge is 0.227 e. The van der Waals surface area contributed by atoms with Crippen molar-refractivity contribution in [1.82, 2.24) is 5.32 Å². The molecule has 0 aromatic heterocycles. The molecule has 1 aromatic rings. The summed E-state index contributed by atoms with van der Waals surface area (Å²) in [5.74, 6) is 0.414. The predicted octanol–water partition coefficient (Wildman–Crippen LogP) is 3.35. The lowest BCUT2D eigenvalue weighted by Gasteiger charge is -2.30. The van der Waals surface area contributed by atoms with Crippen molar-refractivity contribution in [2.45, 2.75) is 58.9 Å². The number of nitrogens with one attached hydrogen (secondary N) is 1. The van der Waals surface area contributed by atoms with Crippen LogP contribution in [-0.2, 0) is 9.59 Å². The molecule has 1 saturated carbocycles. The van der Waals surface area contributed by atoms with E-state index in [1.807, 2.05) is 32.0 Å². The predicted molar refractivity (Wildman–Crippen MR) is 95.9 cm³/mol. The molecule has 1 aromatic carbocycles. The van der Waals surface area contributed by atoms with Gasteiger partial charge >= 0.3 is 0 Å². The summed E-state index contributed by atoms with van der Waals surface area (Å²) in [6, 6.07) is 6.27. The van der Waals surface area contributed by atoms with Crippen molar-refractivity contribution < 1.29 is 9.59 Å². The zero-order valence-electron chi connectivity index (χ0n) is 15.0. The molecule has 1 heterocycles. The molecule has 3 atom stereocenters. The van der Waals surface area contributed by atoms with Crippen molar-refractivity contribution in [1.29, 1.82) is 0 Å². The highest BCUT2D eigenvalue weighted by Crippen LogP contribution is 2.30. The minimum atomic E-state index is -0.230. The van der Waals surface area contributed by atoms with Crippen molar-refractivity contribution in [3.63, 3.8) is 0 Å². The normalized spacial score (nSPS) is 27.4. The maximum atomic E-state index is 12.6. The fourth-order valence-corrected chi connectivity index (χ4v) is 3.98. The Bertz CT molecular complexity index is 641. The van der Waals surface area contributed by atoms with Crippen LogP contribution in [0.15, 0.2) is 18.2 Å². The first-order valence-corrected chi connectivity index (χ1v) is 9.14. The topological polar surface area (TPSA) is 49.4 Å². The van der Waals surface area contributed by atoms with Gasteiger partial charge in [0.25, 0.3) is 0 Å². The van der Waals surface area contributed by atoms with Crippen molar-refractivity contribution in [2.24, 2.45) is 11.8 Å². The van der Waals surface area contributed by atoms with Gasteiger partial charge in [-0.25, -0.2) is 0 Å². The Hall–Kier alpha value is -1.84. The molecule has 0 radical (unpaired) electrons. The maximum Gasteiger partial charge on any atom is 0.227 e. The minimum absolute atomic E-state index is 0.0508. The lowest BCUT2D eigenvalue weighted by atomic mass is 9.85. The summed E-state index contributed by atoms with van der Waals surface area (Å²) < 4.78 is 0. The van der Waals surface area contributed by atoms with E-state index in [-0.39, 0.29) is 23.8 Å².